The van der Waals surface area contributed by atoms with Crippen LogP contribution in [0.1, 0.15) is 48.6 Å². The van der Waals surface area contributed by atoms with E-state index in [1.165, 1.54) is 0 Å². The summed E-state index contributed by atoms with van der Waals surface area (Å²) in [5, 5.41) is 1.07. The van der Waals surface area contributed by atoms with E-state index in [4.69, 9.17) is 9.15 Å². The number of benzene rings is 1. The van der Waals surface area contributed by atoms with Crippen LogP contribution in [0.25, 0.3) is 11.0 Å². The molecule has 0 amide bonds. The summed E-state index contributed by atoms with van der Waals surface area (Å²) in [5.74, 6) is 0.837. The molecule has 0 aliphatic carbocycles. The third kappa shape index (κ3) is 2.45. The van der Waals surface area contributed by atoms with Gasteiger partial charge in [-0.2, -0.15) is 0 Å². The summed E-state index contributed by atoms with van der Waals surface area (Å²) in [6.07, 6.45) is 0.903. The van der Waals surface area contributed by atoms with Gasteiger partial charge in [0.1, 0.15) is 11.3 Å². The Bertz CT molecular complexity index is 752. The molecule has 0 unspecified atom stereocenters. The van der Waals surface area contributed by atoms with Gasteiger partial charge in [0, 0.05) is 16.5 Å². The molecule has 0 aliphatic heterocycles. The Labute approximate surface area is 125 Å². The minimum absolute atomic E-state index is 0.0852. The summed E-state index contributed by atoms with van der Waals surface area (Å²) >= 11 is 0. The van der Waals surface area contributed by atoms with E-state index >= 15 is 0 Å². The number of hydrogen-bond donors (Lipinski definition) is 0. The highest BCUT2D eigenvalue weighted by molar-refractivity contribution is 5.90. The van der Waals surface area contributed by atoms with Crippen molar-refractivity contribution in [3.63, 3.8) is 0 Å². The van der Waals surface area contributed by atoms with Gasteiger partial charge in [-0.25, -0.2) is 4.79 Å². The lowest BCUT2D eigenvalue weighted by molar-refractivity contribution is 0.239. The van der Waals surface area contributed by atoms with Gasteiger partial charge in [-0.3, -0.25) is 0 Å². The fraction of sp³-hybridized carbons (Fsp3) is 0.500. The monoisotopic (exact) mass is 288 g/mol. The van der Waals surface area contributed by atoms with E-state index in [0.29, 0.717) is 11.1 Å². The summed E-state index contributed by atoms with van der Waals surface area (Å²) in [6.45, 7) is 14.0. The van der Waals surface area contributed by atoms with Crippen molar-refractivity contribution in [1.29, 1.82) is 0 Å². The Balaban J connectivity index is 2.98. The Kier molecular flexibility index (Phi) is 4.13. The second-order valence-electron chi connectivity index (χ2n) is 5.92. The van der Waals surface area contributed by atoms with Crippen LogP contribution in [-0.4, -0.2) is 6.10 Å². The number of aryl methyl sites for hydroxylation is 3. The molecule has 114 valence electrons. The van der Waals surface area contributed by atoms with Crippen molar-refractivity contribution in [3.05, 3.63) is 38.2 Å². The Morgan fingerprint density at radius 3 is 2.14 bits per heavy atom. The minimum Gasteiger partial charge on any atom is -0.490 e. The van der Waals surface area contributed by atoms with Crippen LogP contribution in [0.5, 0.6) is 5.75 Å². The highest BCUT2D eigenvalue weighted by atomic mass is 16.5. The molecule has 0 bridgehead atoms. The molecule has 2 aromatic rings. The molecule has 0 spiro atoms. The molecule has 1 heterocycles. The summed E-state index contributed by atoms with van der Waals surface area (Å²) < 4.78 is 11.5. The first-order valence-electron chi connectivity index (χ1n) is 7.52. The quantitative estimate of drug-likeness (QED) is 0.787. The van der Waals surface area contributed by atoms with Crippen LogP contribution in [0.3, 0.4) is 0 Å². The highest BCUT2D eigenvalue weighted by Gasteiger charge is 2.20. The van der Waals surface area contributed by atoms with E-state index in [1.54, 1.807) is 0 Å². The zero-order valence-electron chi connectivity index (χ0n) is 14.0. The first-order valence-corrected chi connectivity index (χ1v) is 7.52. The normalized spacial score (nSPS) is 11.4. The van der Waals surface area contributed by atoms with Gasteiger partial charge in [-0.15, -0.1) is 0 Å². The van der Waals surface area contributed by atoms with Crippen LogP contribution in [0.15, 0.2) is 9.21 Å². The van der Waals surface area contributed by atoms with Gasteiger partial charge in [-0.05, 0) is 64.7 Å². The third-order valence-electron chi connectivity index (χ3n) is 4.15. The lowest BCUT2D eigenvalue weighted by Crippen LogP contribution is -2.12. The van der Waals surface area contributed by atoms with Gasteiger partial charge < -0.3 is 9.15 Å². The molecule has 0 atom stereocenters. The fourth-order valence-electron chi connectivity index (χ4n) is 2.93. The smallest absolute Gasteiger partial charge is 0.339 e. The number of rotatable bonds is 3. The van der Waals surface area contributed by atoms with Crippen LogP contribution < -0.4 is 10.4 Å². The van der Waals surface area contributed by atoms with Gasteiger partial charge in [0.15, 0.2) is 0 Å². The molecule has 1 aromatic heterocycles. The SMILES string of the molecule is CCc1c(C)c(=O)oc2c(C)c(OC(C)C)c(C)c(C)c12. The average molecular weight is 288 g/mol. The van der Waals surface area contributed by atoms with Crippen molar-refractivity contribution in [2.75, 3.05) is 0 Å². The van der Waals surface area contributed by atoms with E-state index in [1.807, 2.05) is 27.7 Å². The van der Waals surface area contributed by atoms with Crippen LogP contribution in [0.4, 0.5) is 0 Å². The standard InChI is InChI=1S/C18H24O3/c1-8-14-12(6)18(19)21-17-13(7)16(20-9(2)3)11(5)10(4)15(14)17/h9H,8H2,1-7H3. The summed E-state index contributed by atoms with van der Waals surface area (Å²) in [7, 11) is 0. The molecule has 0 radical (unpaired) electrons. The van der Waals surface area contributed by atoms with Crippen molar-refractivity contribution in [1.82, 2.24) is 0 Å². The van der Waals surface area contributed by atoms with Gasteiger partial charge in [0.25, 0.3) is 0 Å². The van der Waals surface area contributed by atoms with Crippen molar-refractivity contribution in [2.45, 2.75) is 61.0 Å². The van der Waals surface area contributed by atoms with E-state index in [2.05, 4.69) is 20.8 Å². The summed E-state index contributed by atoms with van der Waals surface area (Å²) in [5.41, 5.74) is 5.38. The Morgan fingerprint density at radius 1 is 1.00 bits per heavy atom. The van der Waals surface area contributed by atoms with Gasteiger partial charge in [0.05, 0.1) is 6.10 Å². The van der Waals surface area contributed by atoms with E-state index in [0.717, 1.165) is 39.8 Å². The van der Waals surface area contributed by atoms with Gasteiger partial charge >= 0.3 is 5.63 Å². The van der Waals surface area contributed by atoms with Gasteiger partial charge in [0.2, 0.25) is 0 Å². The second-order valence-corrected chi connectivity index (χ2v) is 5.92. The van der Waals surface area contributed by atoms with Crippen molar-refractivity contribution >= 4 is 11.0 Å². The Hall–Kier alpha value is -1.77. The Morgan fingerprint density at radius 2 is 1.62 bits per heavy atom. The molecule has 3 heteroatoms. The maximum atomic E-state index is 12.1. The predicted molar refractivity (Wildman–Crippen MR) is 86.6 cm³/mol. The zero-order valence-corrected chi connectivity index (χ0v) is 14.0. The zero-order chi connectivity index (χ0) is 15.9. The number of fused-ring (bicyclic) bond motifs is 1. The topological polar surface area (TPSA) is 39.4 Å². The third-order valence-corrected chi connectivity index (χ3v) is 4.15. The highest BCUT2D eigenvalue weighted by Crippen LogP contribution is 2.37. The maximum Gasteiger partial charge on any atom is 0.339 e. The predicted octanol–water partition coefficient (Wildman–Crippen LogP) is 4.38. The van der Waals surface area contributed by atoms with Crippen LogP contribution in [-0.2, 0) is 6.42 Å². The number of hydrogen-bond acceptors (Lipinski definition) is 3. The van der Waals surface area contributed by atoms with Crippen LogP contribution >= 0.6 is 0 Å². The largest absolute Gasteiger partial charge is 0.490 e. The number of ether oxygens (including phenoxy) is 1. The van der Waals surface area contributed by atoms with Crippen molar-refractivity contribution in [3.8, 4) is 5.75 Å². The maximum absolute atomic E-state index is 12.1. The molecule has 0 saturated carbocycles. The molecule has 0 saturated heterocycles. The molecule has 0 N–H and O–H groups in total. The second kappa shape index (κ2) is 5.55. The van der Waals surface area contributed by atoms with Crippen LogP contribution in [0, 0.1) is 27.7 Å². The van der Waals surface area contributed by atoms with E-state index < -0.39 is 0 Å². The first kappa shape index (κ1) is 15.6. The first-order chi connectivity index (χ1) is 9.79. The average Bonchev–Trinajstić information content (AvgIpc) is 2.43. The van der Waals surface area contributed by atoms with E-state index in [9.17, 15) is 4.79 Å². The molecule has 21 heavy (non-hydrogen) atoms. The fourth-order valence-corrected chi connectivity index (χ4v) is 2.93. The summed E-state index contributed by atoms with van der Waals surface area (Å²) in [4.78, 5) is 12.1. The molecule has 0 fully saturated rings. The minimum atomic E-state index is -0.249. The van der Waals surface area contributed by atoms with Crippen molar-refractivity contribution in [2.24, 2.45) is 0 Å². The van der Waals surface area contributed by atoms with Crippen LogP contribution in [0.2, 0.25) is 0 Å². The van der Waals surface area contributed by atoms with Gasteiger partial charge in [-0.1, -0.05) is 6.92 Å². The molecular formula is C18H24O3. The van der Waals surface area contributed by atoms with Crippen molar-refractivity contribution < 1.29 is 9.15 Å². The molecule has 3 nitrogen and oxygen atoms in total. The lowest BCUT2D eigenvalue weighted by Gasteiger charge is -2.20. The van der Waals surface area contributed by atoms with E-state index in [-0.39, 0.29) is 11.7 Å². The molecule has 0 aliphatic rings. The summed E-state index contributed by atoms with van der Waals surface area (Å²) in [6, 6.07) is 0. The molecular weight excluding hydrogens is 264 g/mol. The lowest BCUT2D eigenvalue weighted by atomic mass is 9.93. The molecule has 1 aromatic carbocycles. The molecule has 2 rings (SSSR count).